The van der Waals surface area contributed by atoms with E-state index in [2.05, 4.69) is 39.0 Å². The van der Waals surface area contributed by atoms with Crippen molar-refractivity contribution in [3.05, 3.63) is 47.2 Å². The van der Waals surface area contributed by atoms with Gasteiger partial charge in [-0.25, -0.2) is 0 Å². The molecule has 0 atom stereocenters. The molecular weight excluding hydrogens is 276 g/mol. The molecule has 3 aromatic rings. The van der Waals surface area contributed by atoms with Gasteiger partial charge in [0.15, 0.2) is 0 Å². The summed E-state index contributed by atoms with van der Waals surface area (Å²) >= 11 is 0. The Balaban J connectivity index is 1.97. The van der Waals surface area contributed by atoms with Crippen LogP contribution in [0.2, 0.25) is 0 Å². The average Bonchev–Trinajstić information content (AvgIpc) is 3.10. The van der Waals surface area contributed by atoms with Crippen LogP contribution >= 0.6 is 0 Å². The number of aromatic amines is 1. The van der Waals surface area contributed by atoms with Crippen molar-refractivity contribution in [3.63, 3.8) is 0 Å². The lowest BCUT2D eigenvalue weighted by Gasteiger charge is -2.11. The second-order valence-corrected chi connectivity index (χ2v) is 5.55. The number of carbonyl (C=O) groups excluding carboxylic acids is 1. The molecule has 2 aromatic carbocycles. The van der Waals surface area contributed by atoms with Crippen LogP contribution in [-0.2, 0) is 6.54 Å². The summed E-state index contributed by atoms with van der Waals surface area (Å²) in [7, 11) is 1.86. The molecular formula is C17H16N4O. The van der Waals surface area contributed by atoms with Crippen LogP contribution in [0.5, 0.6) is 0 Å². The first-order valence-electron chi connectivity index (χ1n) is 7.25. The number of hydrogen-bond acceptors (Lipinski definition) is 3. The smallest absolute Gasteiger partial charge is 0.251 e. The number of H-pyrrole nitrogens is 1. The van der Waals surface area contributed by atoms with Crippen molar-refractivity contribution < 1.29 is 4.79 Å². The molecule has 0 saturated carbocycles. The SMILES string of the molecule is CNc1cc2c(c(-c3ccc4[nH]nc(C)c4c3)c1)CNC2=O. The van der Waals surface area contributed by atoms with Gasteiger partial charge in [0.2, 0.25) is 0 Å². The van der Waals surface area contributed by atoms with Crippen molar-refractivity contribution in [3.8, 4) is 11.1 Å². The van der Waals surface area contributed by atoms with Crippen molar-refractivity contribution in [1.82, 2.24) is 15.5 Å². The molecule has 5 heteroatoms. The first-order chi connectivity index (χ1) is 10.7. The monoisotopic (exact) mass is 292 g/mol. The fourth-order valence-corrected chi connectivity index (χ4v) is 3.04. The highest BCUT2D eigenvalue weighted by atomic mass is 16.1. The van der Waals surface area contributed by atoms with Gasteiger partial charge in [0, 0.05) is 30.2 Å². The van der Waals surface area contributed by atoms with E-state index in [-0.39, 0.29) is 5.91 Å². The zero-order valence-corrected chi connectivity index (χ0v) is 12.4. The van der Waals surface area contributed by atoms with Gasteiger partial charge in [-0.2, -0.15) is 5.10 Å². The van der Waals surface area contributed by atoms with E-state index >= 15 is 0 Å². The van der Waals surface area contributed by atoms with Crippen LogP contribution in [0, 0.1) is 6.92 Å². The van der Waals surface area contributed by atoms with Crippen molar-refractivity contribution in [2.75, 3.05) is 12.4 Å². The Kier molecular flexibility index (Phi) is 2.69. The van der Waals surface area contributed by atoms with Crippen LogP contribution in [0.25, 0.3) is 22.0 Å². The number of carbonyl (C=O) groups is 1. The molecule has 22 heavy (non-hydrogen) atoms. The van der Waals surface area contributed by atoms with Gasteiger partial charge in [-0.05, 0) is 47.9 Å². The summed E-state index contributed by atoms with van der Waals surface area (Å²) in [6, 6.07) is 10.2. The van der Waals surface area contributed by atoms with E-state index in [1.165, 1.54) is 0 Å². The maximum Gasteiger partial charge on any atom is 0.251 e. The van der Waals surface area contributed by atoms with Crippen LogP contribution in [0.15, 0.2) is 30.3 Å². The van der Waals surface area contributed by atoms with E-state index < -0.39 is 0 Å². The number of fused-ring (bicyclic) bond motifs is 2. The molecule has 0 radical (unpaired) electrons. The molecule has 3 N–H and O–H groups in total. The summed E-state index contributed by atoms with van der Waals surface area (Å²) in [5.74, 6) is -0.00563. The molecule has 2 heterocycles. The number of nitrogens with one attached hydrogen (secondary N) is 3. The number of amides is 1. The third-order valence-corrected chi connectivity index (χ3v) is 4.27. The molecule has 1 aliphatic rings. The Labute approximate surface area is 127 Å². The first-order valence-corrected chi connectivity index (χ1v) is 7.25. The molecule has 0 aliphatic carbocycles. The van der Waals surface area contributed by atoms with E-state index in [9.17, 15) is 4.79 Å². The lowest BCUT2D eigenvalue weighted by Crippen LogP contribution is -2.12. The van der Waals surface area contributed by atoms with Gasteiger partial charge in [-0.3, -0.25) is 9.89 Å². The standard InChI is InChI=1S/C17H16N4O/c1-9-12-5-10(3-4-16(12)21-20-9)13-6-11(18-2)7-14-15(13)8-19-17(14)22/h3-7,18H,8H2,1-2H3,(H,19,22)(H,20,21). The quantitative estimate of drug-likeness (QED) is 0.680. The largest absolute Gasteiger partial charge is 0.388 e. The number of anilines is 1. The predicted molar refractivity (Wildman–Crippen MR) is 87.0 cm³/mol. The molecule has 0 spiro atoms. The highest BCUT2D eigenvalue weighted by Gasteiger charge is 2.23. The zero-order chi connectivity index (χ0) is 15.3. The normalized spacial score (nSPS) is 13.3. The van der Waals surface area contributed by atoms with E-state index in [1.54, 1.807) is 0 Å². The summed E-state index contributed by atoms with van der Waals surface area (Å²) in [5.41, 5.74) is 6.94. The van der Waals surface area contributed by atoms with Crippen molar-refractivity contribution in [2.24, 2.45) is 0 Å². The van der Waals surface area contributed by atoms with Gasteiger partial charge in [0.25, 0.3) is 5.91 Å². The van der Waals surface area contributed by atoms with Gasteiger partial charge in [-0.15, -0.1) is 0 Å². The van der Waals surface area contributed by atoms with E-state index in [0.29, 0.717) is 6.54 Å². The van der Waals surface area contributed by atoms with Crippen LogP contribution < -0.4 is 10.6 Å². The van der Waals surface area contributed by atoms with Crippen LogP contribution in [0.3, 0.4) is 0 Å². The fourth-order valence-electron chi connectivity index (χ4n) is 3.04. The van der Waals surface area contributed by atoms with Crippen LogP contribution in [-0.4, -0.2) is 23.2 Å². The average molecular weight is 292 g/mol. The van der Waals surface area contributed by atoms with Crippen molar-refractivity contribution in [2.45, 2.75) is 13.5 Å². The topological polar surface area (TPSA) is 69.8 Å². The highest BCUT2D eigenvalue weighted by Crippen LogP contribution is 2.34. The fraction of sp³-hybridized carbons (Fsp3) is 0.176. The van der Waals surface area contributed by atoms with E-state index in [4.69, 9.17) is 0 Å². The molecule has 0 fully saturated rings. The Hall–Kier alpha value is -2.82. The minimum Gasteiger partial charge on any atom is -0.388 e. The summed E-state index contributed by atoms with van der Waals surface area (Å²) in [6.45, 7) is 2.57. The second-order valence-electron chi connectivity index (χ2n) is 5.55. The molecule has 110 valence electrons. The van der Waals surface area contributed by atoms with E-state index in [1.807, 2.05) is 26.1 Å². The van der Waals surface area contributed by atoms with Crippen LogP contribution in [0.4, 0.5) is 5.69 Å². The summed E-state index contributed by atoms with van der Waals surface area (Å²) in [4.78, 5) is 12.0. The number of nitrogens with zero attached hydrogens (tertiary/aromatic N) is 1. The Morgan fingerprint density at radius 3 is 2.82 bits per heavy atom. The molecule has 1 aromatic heterocycles. The molecule has 0 bridgehead atoms. The molecule has 0 unspecified atom stereocenters. The number of aromatic nitrogens is 2. The summed E-state index contributed by atoms with van der Waals surface area (Å²) < 4.78 is 0. The maximum absolute atomic E-state index is 12.0. The number of hydrogen-bond donors (Lipinski definition) is 3. The minimum atomic E-state index is -0.00563. The Bertz CT molecular complexity index is 910. The molecule has 0 saturated heterocycles. The first kappa shape index (κ1) is 12.9. The highest BCUT2D eigenvalue weighted by molar-refractivity contribution is 6.02. The predicted octanol–water partition coefficient (Wildman–Crippen LogP) is 2.82. The van der Waals surface area contributed by atoms with E-state index in [0.717, 1.165) is 44.5 Å². The third kappa shape index (κ3) is 1.79. The summed E-state index contributed by atoms with van der Waals surface area (Å²) in [6.07, 6.45) is 0. The molecule has 5 nitrogen and oxygen atoms in total. The van der Waals surface area contributed by atoms with Crippen molar-refractivity contribution >= 4 is 22.5 Å². The zero-order valence-electron chi connectivity index (χ0n) is 12.4. The number of aryl methyl sites for hydroxylation is 1. The third-order valence-electron chi connectivity index (χ3n) is 4.27. The maximum atomic E-state index is 12.0. The number of benzene rings is 2. The molecule has 1 aliphatic heterocycles. The van der Waals surface area contributed by atoms with Crippen molar-refractivity contribution in [1.29, 1.82) is 0 Å². The minimum absolute atomic E-state index is 0.00563. The van der Waals surface area contributed by atoms with Gasteiger partial charge >= 0.3 is 0 Å². The Morgan fingerprint density at radius 2 is 2.00 bits per heavy atom. The molecule has 4 rings (SSSR count). The Morgan fingerprint density at radius 1 is 1.18 bits per heavy atom. The van der Waals surface area contributed by atoms with Gasteiger partial charge in [0.05, 0.1) is 11.2 Å². The lowest BCUT2D eigenvalue weighted by molar-refractivity contribution is 0.0966. The van der Waals surface area contributed by atoms with Gasteiger partial charge in [-0.1, -0.05) is 6.07 Å². The lowest BCUT2D eigenvalue weighted by atomic mass is 9.95. The number of rotatable bonds is 2. The van der Waals surface area contributed by atoms with Crippen LogP contribution in [0.1, 0.15) is 21.6 Å². The second kappa shape index (κ2) is 4.59. The molecule has 1 amide bonds. The van der Waals surface area contributed by atoms with Gasteiger partial charge in [0.1, 0.15) is 0 Å². The van der Waals surface area contributed by atoms with Gasteiger partial charge < -0.3 is 10.6 Å². The summed E-state index contributed by atoms with van der Waals surface area (Å²) in [5, 5.41) is 14.4.